The average molecular weight is 356 g/mol. The molecule has 9 heteroatoms. The summed E-state index contributed by atoms with van der Waals surface area (Å²) in [5.74, 6) is -0.236. The summed E-state index contributed by atoms with van der Waals surface area (Å²) in [7, 11) is -3.19. The van der Waals surface area contributed by atoms with E-state index in [1.807, 2.05) is 0 Å². The van der Waals surface area contributed by atoms with Crippen LogP contribution in [0, 0.1) is 0 Å². The zero-order valence-electron chi connectivity index (χ0n) is 13.9. The van der Waals surface area contributed by atoms with Crippen molar-refractivity contribution in [3.63, 3.8) is 0 Å². The molecule has 0 bridgehead atoms. The molecule has 8 nitrogen and oxygen atoms in total. The van der Waals surface area contributed by atoms with Gasteiger partial charge in [-0.05, 0) is 19.3 Å². The van der Waals surface area contributed by atoms with Gasteiger partial charge in [-0.1, -0.05) is 6.42 Å². The molecule has 2 aliphatic heterocycles. The molecule has 0 unspecified atom stereocenters. The topological polar surface area (TPSA) is 104 Å². The van der Waals surface area contributed by atoms with E-state index in [0.717, 1.165) is 36.9 Å². The van der Waals surface area contributed by atoms with Crippen molar-refractivity contribution in [2.24, 2.45) is 0 Å². The van der Waals surface area contributed by atoms with Crippen LogP contribution in [-0.2, 0) is 27.8 Å². The molecule has 0 saturated carbocycles. The molecule has 3 rings (SSSR count). The quantitative estimate of drug-likeness (QED) is 0.795. The van der Waals surface area contributed by atoms with Crippen molar-refractivity contribution >= 4 is 15.9 Å². The van der Waals surface area contributed by atoms with Crippen LogP contribution in [0.2, 0.25) is 0 Å². The van der Waals surface area contributed by atoms with E-state index in [4.69, 9.17) is 4.74 Å². The van der Waals surface area contributed by atoms with E-state index in [0.29, 0.717) is 38.4 Å². The van der Waals surface area contributed by atoms with Gasteiger partial charge in [0.1, 0.15) is 0 Å². The van der Waals surface area contributed by atoms with Crippen LogP contribution in [-0.4, -0.2) is 60.8 Å². The van der Waals surface area contributed by atoms with Crippen molar-refractivity contribution in [3.05, 3.63) is 17.0 Å². The van der Waals surface area contributed by atoms with Crippen molar-refractivity contribution in [2.45, 2.75) is 44.8 Å². The van der Waals surface area contributed by atoms with Crippen LogP contribution in [0.4, 0.5) is 0 Å². The van der Waals surface area contributed by atoms with Crippen LogP contribution in [0.1, 0.15) is 47.4 Å². The number of H-pyrrole nitrogens is 1. The van der Waals surface area contributed by atoms with E-state index in [1.54, 1.807) is 4.31 Å². The number of carbonyl (C=O) groups excluding carboxylic acids is 1. The first-order valence-corrected chi connectivity index (χ1v) is 10.2. The monoisotopic (exact) mass is 356 g/mol. The van der Waals surface area contributed by atoms with E-state index in [1.165, 1.54) is 6.26 Å². The minimum absolute atomic E-state index is 0.0366. The maximum atomic E-state index is 12.3. The van der Waals surface area contributed by atoms with Gasteiger partial charge in [-0.2, -0.15) is 9.40 Å². The number of sulfonamides is 1. The molecule has 1 aromatic rings. The minimum Gasteiger partial charge on any atom is -0.376 e. The van der Waals surface area contributed by atoms with Crippen molar-refractivity contribution in [1.29, 1.82) is 0 Å². The SMILES string of the molecule is CS(=O)(=O)N1CCCC[C@@H]1CCNC(=O)c1n[nH]c2c1COCC2. The number of hydrogen-bond acceptors (Lipinski definition) is 5. The molecule has 3 heterocycles. The van der Waals surface area contributed by atoms with Gasteiger partial charge in [0.2, 0.25) is 10.0 Å². The summed E-state index contributed by atoms with van der Waals surface area (Å²) in [6.07, 6.45) is 5.36. The van der Waals surface area contributed by atoms with E-state index < -0.39 is 10.0 Å². The molecule has 0 radical (unpaired) electrons. The largest absolute Gasteiger partial charge is 0.376 e. The maximum Gasteiger partial charge on any atom is 0.272 e. The smallest absolute Gasteiger partial charge is 0.272 e. The third kappa shape index (κ3) is 3.79. The second-order valence-electron chi connectivity index (χ2n) is 6.40. The second kappa shape index (κ2) is 7.20. The fraction of sp³-hybridized carbons (Fsp3) is 0.733. The van der Waals surface area contributed by atoms with Gasteiger partial charge in [-0.15, -0.1) is 0 Å². The standard InChI is InChI=1S/C15H24N4O4S/c1-24(21,22)19-8-3-2-4-11(19)5-7-16-15(20)14-12-10-23-9-6-13(12)17-18-14/h11H,2-10H2,1H3,(H,16,20)(H,17,18)/t11-/m1/s1. The van der Waals surface area contributed by atoms with Crippen LogP contribution in [0.15, 0.2) is 0 Å². The van der Waals surface area contributed by atoms with Gasteiger partial charge in [-0.3, -0.25) is 9.89 Å². The fourth-order valence-electron chi connectivity index (χ4n) is 3.43. The van der Waals surface area contributed by atoms with Crippen molar-refractivity contribution in [1.82, 2.24) is 19.8 Å². The van der Waals surface area contributed by atoms with Gasteiger partial charge in [0, 0.05) is 36.8 Å². The Morgan fingerprint density at radius 1 is 1.46 bits per heavy atom. The Balaban J connectivity index is 1.56. The first kappa shape index (κ1) is 17.4. The van der Waals surface area contributed by atoms with E-state index in [9.17, 15) is 13.2 Å². The highest BCUT2D eigenvalue weighted by atomic mass is 32.2. The number of fused-ring (bicyclic) bond motifs is 1. The molecule has 1 amide bonds. The molecule has 1 aromatic heterocycles. The number of nitrogens with zero attached hydrogens (tertiary/aromatic N) is 2. The number of amides is 1. The Morgan fingerprint density at radius 2 is 2.29 bits per heavy atom. The zero-order valence-corrected chi connectivity index (χ0v) is 14.7. The van der Waals surface area contributed by atoms with Gasteiger partial charge >= 0.3 is 0 Å². The maximum absolute atomic E-state index is 12.3. The number of piperidine rings is 1. The Bertz CT molecular complexity index is 700. The summed E-state index contributed by atoms with van der Waals surface area (Å²) in [4.78, 5) is 12.3. The number of ether oxygens (including phenoxy) is 1. The van der Waals surface area contributed by atoms with Crippen LogP contribution in [0.25, 0.3) is 0 Å². The lowest BCUT2D eigenvalue weighted by Gasteiger charge is -2.33. The van der Waals surface area contributed by atoms with Crippen LogP contribution < -0.4 is 5.32 Å². The van der Waals surface area contributed by atoms with Gasteiger partial charge in [0.15, 0.2) is 5.69 Å². The highest BCUT2D eigenvalue weighted by molar-refractivity contribution is 7.88. The molecular weight excluding hydrogens is 332 g/mol. The molecule has 2 N–H and O–H groups in total. The highest BCUT2D eigenvalue weighted by Gasteiger charge is 2.29. The summed E-state index contributed by atoms with van der Waals surface area (Å²) in [6, 6.07) is -0.0366. The third-order valence-electron chi connectivity index (χ3n) is 4.67. The first-order valence-electron chi connectivity index (χ1n) is 8.35. The normalized spacial score (nSPS) is 22.1. The molecule has 0 spiro atoms. The lowest BCUT2D eigenvalue weighted by atomic mass is 10.0. The van der Waals surface area contributed by atoms with E-state index >= 15 is 0 Å². The Labute approximate surface area is 142 Å². The summed E-state index contributed by atoms with van der Waals surface area (Å²) < 4.78 is 30.6. The van der Waals surface area contributed by atoms with Crippen molar-refractivity contribution in [3.8, 4) is 0 Å². The first-order chi connectivity index (χ1) is 11.5. The number of hydrogen-bond donors (Lipinski definition) is 2. The molecule has 0 aromatic carbocycles. The number of carbonyl (C=O) groups is 1. The number of nitrogens with one attached hydrogen (secondary N) is 2. The second-order valence-corrected chi connectivity index (χ2v) is 8.33. The molecule has 0 aliphatic carbocycles. The molecule has 2 aliphatic rings. The Kier molecular flexibility index (Phi) is 5.21. The third-order valence-corrected chi connectivity index (χ3v) is 6.01. The van der Waals surface area contributed by atoms with Gasteiger partial charge < -0.3 is 10.1 Å². The highest BCUT2D eigenvalue weighted by Crippen LogP contribution is 2.22. The van der Waals surface area contributed by atoms with Crippen molar-refractivity contribution in [2.75, 3.05) is 26.0 Å². The Hall–Kier alpha value is -1.45. The lowest BCUT2D eigenvalue weighted by Crippen LogP contribution is -2.44. The van der Waals surface area contributed by atoms with E-state index in [2.05, 4.69) is 15.5 Å². The summed E-state index contributed by atoms with van der Waals surface area (Å²) in [5, 5.41) is 9.85. The summed E-state index contributed by atoms with van der Waals surface area (Å²) >= 11 is 0. The summed E-state index contributed by atoms with van der Waals surface area (Å²) in [5.41, 5.74) is 2.17. The van der Waals surface area contributed by atoms with Crippen LogP contribution in [0.5, 0.6) is 0 Å². The van der Waals surface area contributed by atoms with Crippen LogP contribution >= 0.6 is 0 Å². The van der Waals surface area contributed by atoms with E-state index in [-0.39, 0.29) is 11.9 Å². The van der Waals surface area contributed by atoms with Gasteiger partial charge in [0.05, 0.1) is 19.5 Å². The van der Waals surface area contributed by atoms with Crippen LogP contribution in [0.3, 0.4) is 0 Å². The molecular formula is C15H24N4O4S. The fourth-order valence-corrected chi connectivity index (χ4v) is 4.65. The average Bonchev–Trinajstić information content (AvgIpc) is 2.98. The molecule has 1 fully saturated rings. The summed E-state index contributed by atoms with van der Waals surface area (Å²) in [6.45, 7) is 2.04. The number of aromatic nitrogens is 2. The predicted molar refractivity (Wildman–Crippen MR) is 88.1 cm³/mol. The molecule has 24 heavy (non-hydrogen) atoms. The van der Waals surface area contributed by atoms with Gasteiger partial charge in [0.25, 0.3) is 5.91 Å². The number of aromatic amines is 1. The van der Waals surface area contributed by atoms with Gasteiger partial charge in [-0.25, -0.2) is 8.42 Å². The number of rotatable bonds is 5. The minimum atomic E-state index is -3.19. The molecule has 1 saturated heterocycles. The Morgan fingerprint density at radius 3 is 3.08 bits per heavy atom. The zero-order chi connectivity index (χ0) is 17.2. The molecule has 1 atom stereocenters. The van der Waals surface area contributed by atoms with Crippen molar-refractivity contribution < 1.29 is 17.9 Å². The predicted octanol–water partition coefficient (Wildman–Crippen LogP) is 0.416. The molecule has 134 valence electrons. The lowest BCUT2D eigenvalue weighted by molar-refractivity contribution is 0.0921.